The highest BCUT2D eigenvalue weighted by molar-refractivity contribution is 5.25. The van der Waals surface area contributed by atoms with Crippen LogP contribution in [-0.4, -0.2) is 37.2 Å². The minimum Gasteiger partial charge on any atom is -0.380 e. The van der Waals surface area contributed by atoms with Gasteiger partial charge in [-0.2, -0.15) is 0 Å². The van der Waals surface area contributed by atoms with E-state index in [4.69, 9.17) is 10.5 Å². The van der Waals surface area contributed by atoms with Gasteiger partial charge < -0.3 is 10.5 Å². The molecule has 0 bridgehead atoms. The van der Waals surface area contributed by atoms with Crippen molar-refractivity contribution in [2.45, 2.75) is 44.9 Å². The summed E-state index contributed by atoms with van der Waals surface area (Å²) in [4.78, 5) is 2.48. The minimum absolute atomic E-state index is 0.123. The number of hydrogen-bond acceptors (Lipinski definition) is 3. The SMILES string of the molecule is COC1CCCN(C(c2ccc(C)cc2)C(C)N)C1. The summed E-state index contributed by atoms with van der Waals surface area (Å²) in [5.41, 5.74) is 8.85. The van der Waals surface area contributed by atoms with E-state index >= 15 is 0 Å². The molecule has 0 radical (unpaired) electrons. The molecular formula is C16H26N2O. The number of nitrogens with two attached hydrogens (primary N) is 1. The van der Waals surface area contributed by atoms with Gasteiger partial charge in [0.05, 0.1) is 6.10 Å². The second kappa shape index (κ2) is 6.51. The van der Waals surface area contributed by atoms with Gasteiger partial charge in [-0.25, -0.2) is 0 Å². The molecular weight excluding hydrogens is 236 g/mol. The van der Waals surface area contributed by atoms with E-state index < -0.39 is 0 Å². The number of likely N-dealkylation sites (tertiary alicyclic amines) is 1. The summed E-state index contributed by atoms with van der Waals surface area (Å²) in [6, 6.07) is 9.17. The lowest BCUT2D eigenvalue weighted by atomic mass is 9.95. The van der Waals surface area contributed by atoms with Crippen molar-refractivity contribution in [3.63, 3.8) is 0 Å². The standard InChI is InChI=1S/C16H26N2O/c1-12-6-8-14(9-7-12)16(13(2)17)18-10-4-5-15(11-18)19-3/h6-9,13,15-16H,4-5,10-11,17H2,1-3H3. The number of ether oxygens (including phenoxy) is 1. The highest BCUT2D eigenvalue weighted by Crippen LogP contribution is 2.27. The Morgan fingerprint density at radius 1 is 1.32 bits per heavy atom. The molecule has 3 nitrogen and oxygen atoms in total. The van der Waals surface area contributed by atoms with Gasteiger partial charge in [0.1, 0.15) is 0 Å². The minimum atomic E-state index is 0.123. The summed E-state index contributed by atoms with van der Waals surface area (Å²) < 4.78 is 5.52. The Morgan fingerprint density at radius 3 is 2.58 bits per heavy atom. The number of piperidine rings is 1. The van der Waals surface area contributed by atoms with E-state index in [0.717, 1.165) is 19.5 Å². The van der Waals surface area contributed by atoms with Gasteiger partial charge in [-0.3, -0.25) is 4.90 Å². The highest BCUT2D eigenvalue weighted by Gasteiger charge is 2.29. The molecule has 0 aliphatic carbocycles. The third-order valence-electron chi connectivity index (χ3n) is 4.05. The molecule has 106 valence electrons. The van der Waals surface area contributed by atoms with Crippen LogP contribution in [-0.2, 0) is 4.74 Å². The van der Waals surface area contributed by atoms with Gasteiger partial charge in [-0.05, 0) is 38.8 Å². The highest BCUT2D eigenvalue weighted by atomic mass is 16.5. The van der Waals surface area contributed by atoms with Crippen molar-refractivity contribution >= 4 is 0 Å². The molecule has 0 amide bonds. The fourth-order valence-corrected chi connectivity index (χ4v) is 3.02. The van der Waals surface area contributed by atoms with Gasteiger partial charge in [0.15, 0.2) is 0 Å². The number of benzene rings is 1. The first kappa shape index (κ1) is 14.5. The Balaban J connectivity index is 2.17. The lowest BCUT2D eigenvalue weighted by molar-refractivity contribution is 0.0103. The normalized spacial score (nSPS) is 24.1. The molecule has 3 unspecified atom stereocenters. The van der Waals surface area contributed by atoms with Crippen molar-refractivity contribution in [3.05, 3.63) is 35.4 Å². The van der Waals surface area contributed by atoms with Gasteiger partial charge in [0, 0.05) is 25.7 Å². The summed E-state index contributed by atoms with van der Waals surface area (Å²) in [5, 5.41) is 0. The Morgan fingerprint density at radius 2 is 2.00 bits per heavy atom. The molecule has 19 heavy (non-hydrogen) atoms. The van der Waals surface area contributed by atoms with Crippen molar-refractivity contribution in [3.8, 4) is 0 Å². The second-order valence-corrected chi connectivity index (χ2v) is 5.71. The number of rotatable bonds is 4. The molecule has 1 saturated heterocycles. The molecule has 1 heterocycles. The van der Waals surface area contributed by atoms with Crippen LogP contribution in [0.25, 0.3) is 0 Å². The molecule has 1 aromatic rings. The lowest BCUT2D eigenvalue weighted by Crippen LogP contribution is -2.46. The van der Waals surface area contributed by atoms with Gasteiger partial charge in [0.2, 0.25) is 0 Å². The van der Waals surface area contributed by atoms with E-state index in [1.54, 1.807) is 7.11 Å². The van der Waals surface area contributed by atoms with Gasteiger partial charge in [0.25, 0.3) is 0 Å². The Hall–Kier alpha value is -0.900. The first-order valence-electron chi connectivity index (χ1n) is 7.21. The van der Waals surface area contributed by atoms with Crippen LogP contribution in [0.5, 0.6) is 0 Å². The predicted octanol–water partition coefficient (Wildman–Crippen LogP) is 2.49. The van der Waals surface area contributed by atoms with Crippen molar-refractivity contribution in [1.82, 2.24) is 4.90 Å². The lowest BCUT2D eigenvalue weighted by Gasteiger charge is -2.39. The maximum atomic E-state index is 6.24. The molecule has 2 N–H and O–H groups in total. The van der Waals surface area contributed by atoms with E-state index in [1.165, 1.54) is 17.5 Å². The fraction of sp³-hybridized carbons (Fsp3) is 0.625. The number of hydrogen-bond donors (Lipinski definition) is 1. The van der Waals surface area contributed by atoms with Crippen molar-refractivity contribution < 1.29 is 4.74 Å². The van der Waals surface area contributed by atoms with Crippen LogP contribution in [0.3, 0.4) is 0 Å². The summed E-state index contributed by atoms with van der Waals surface area (Å²) in [5.74, 6) is 0. The molecule has 2 rings (SSSR count). The van der Waals surface area contributed by atoms with Gasteiger partial charge >= 0.3 is 0 Å². The van der Waals surface area contributed by atoms with Crippen LogP contribution in [0.1, 0.15) is 36.9 Å². The zero-order valence-corrected chi connectivity index (χ0v) is 12.3. The fourth-order valence-electron chi connectivity index (χ4n) is 3.02. The topological polar surface area (TPSA) is 38.5 Å². The predicted molar refractivity (Wildman–Crippen MR) is 79.2 cm³/mol. The third kappa shape index (κ3) is 3.56. The van der Waals surface area contributed by atoms with E-state index in [9.17, 15) is 0 Å². The molecule has 0 spiro atoms. The smallest absolute Gasteiger partial charge is 0.0698 e. The van der Waals surface area contributed by atoms with Crippen LogP contribution >= 0.6 is 0 Å². The summed E-state index contributed by atoms with van der Waals surface area (Å²) >= 11 is 0. The van der Waals surface area contributed by atoms with E-state index in [-0.39, 0.29) is 6.04 Å². The van der Waals surface area contributed by atoms with Crippen molar-refractivity contribution in [2.24, 2.45) is 5.73 Å². The molecule has 1 aliphatic rings. The number of aryl methyl sites for hydroxylation is 1. The molecule has 3 atom stereocenters. The van der Waals surface area contributed by atoms with Crippen LogP contribution < -0.4 is 5.73 Å². The molecule has 1 aliphatic heterocycles. The Kier molecular flexibility index (Phi) is 4.97. The zero-order chi connectivity index (χ0) is 13.8. The van der Waals surface area contributed by atoms with E-state index in [2.05, 4.69) is 43.0 Å². The Labute approximate surface area is 116 Å². The van der Waals surface area contributed by atoms with Crippen molar-refractivity contribution in [1.29, 1.82) is 0 Å². The molecule has 0 saturated carbocycles. The van der Waals surface area contributed by atoms with E-state index in [1.807, 2.05) is 0 Å². The molecule has 1 aromatic carbocycles. The summed E-state index contributed by atoms with van der Waals surface area (Å²) in [6.45, 7) is 6.31. The van der Waals surface area contributed by atoms with E-state index in [0.29, 0.717) is 12.1 Å². The van der Waals surface area contributed by atoms with Crippen LogP contribution in [0.2, 0.25) is 0 Å². The number of methoxy groups -OCH3 is 1. The van der Waals surface area contributed by atoms with Crippen LogP contribution in [0.4, 0.5) is 0 Å². The largest absolute Gasteiger partial charge is 0.380 e. The van der Waals surface area contributed by atoms with Crippen LogP contribution in [0, 0.1) is 6.92 Å². The molecule has 1 fully saturated rings. The first-order valence-corrected chi connectivity index (χ1v) is 7.21. The van der Waals surface area contributed by atoms with Gasteiger partial charge in [-0.1, -0.05) is 29.8 Å². The maximum absolute atomic E-state index is 6.24. The quantitative estimate of drug-likeness (QED) is 0.906. The molecule has 3 heteroatoms. The van der Waals surface area contributed by atoms with Crippen LogP contribution in [0.15, 0.2) is 24.3 Å². The average molecular weight is 262 g/mol. The van der Waals surface area contributed by atoms with Gasteiger partial charge in [-0.15, -0.1) is 0 Å². The summed E-state index contributed by atoms with van der Waals surface area (Å²) in [7, 11) is 1.81. The third-order valence-corrected chi connectivity index (χ3v) is 4.05. The average Bonchev–Trinajstić information content (AvgIpc) is 2.41. The molecule has 0 aromatic heterocycles. The zero-order valence-electron chi connectivity index (χ0n) is 12.3. The van der Waals surface area contributed by atoms with Crippen molar-refractivity contribution in [2.75, 3.05) is 20.2 Å². The number of nitrogens with zero attached hydrogens (tertiary/aromatic N) is 1. The monoisotopic (exact) mass is 262 g/mol. The maximum Gasteiger partial charge on any atom is 0.0698 e. The first-order chi connectivity index (χ1) is 9.11. The summed E-state index contributed by atoms with van der Waals surface area (Å²) in [6.07, 6.45) is 2.70. The Bertz CT molecular complexity index is 388. The second-order valence-electron chi connectivity index (χ2n) is 5.71.